The molecule has 0 aliphatic carbocycles. The van der Waals surface area contributed by atoms with Crippen molar-refractivity contribution in [3.8, 4) is 0 Å². The lowest BCUT2D eigenvalue weighted by molar-refractivity contribution is -0.138. The molecule has 1 aliphatic rings. The van der Waals surface area contributed by atoms with E-state index in [4.69, 9.17) is 16.3 Å². The van der Waals surface area contributed by atoms with Crippen molar-refractivity contribution in [2.24, 2.45) is 0 Å². The minimum Gasteiger partial charge on any atom is -0.377 e. The van der Waals surface area contributed by atoms with Crippen molar-refractivity contribution in [3.63, 3.8) is 0 Å². The van der Waals surface area contributed by atoms with Gasteiger partial charge in [0.2, 0.25) is 5.91 Å². The van der Waals surface area contributed by atoms with Crippen LogP contribution < -0.4 is 0 Å². The molecule has 0 spiro atoms. The molecular formula is C13H15BrClNO2. The molecule has 1 aliphatic heterocycles. The van der Waals surface area contributed by atoms with Gasteiger partial charge in [-0.3, -0.25) is 4.79 Å². The van der Waals surface area contributed by atoms with Crippen LogP contribution in [-0.2, 0) is 16.0 Å². The largest absolute Gasteiger partial charge is 0.377 e. The lowest BCUT2D eigenvalue weighted by Gasteiger charge is -2.34. The number of benzene rings is 1. The summed E-state index contributed by atoms with van der Waals surface area (Å²) in [5, 5.41) is 0. The van der Waals surface area contributed by atoms with E-state index in [2.05, 4.69) is 15.9 Å². The molecule has 1 atom stereocenters. The molecule has 0 saturated carbocycles. The van der Waals surface area contributed by atoms with Gasteiger partial charge in [0.1, 0.15) is 0 Å². The van der Waals surface area contributed by atoms with E-state index < -0.39 is 0 Å². The molecular weight excluding hydrogens is 318 g/mol. The second-order valence-corrected chi connectivity index (χ2v) is 5.50. The molecule has 18 heavy (non-hydrogen) atoms. The number of rotatable bonds is 3. The lowest BCUT2D eigenvalue weighted by Crippen LogP contribution is -2.50. The number of ether oxygens (including phenoxy) is 1. The van der Waals surface area contributed by atoms with E-state index >= 15 is 0 Å². The van der Waals surface area contributed by atoms with E-state index in [-0.39, 0.29) is 11.9 Å². The predicted molar refractivity (Wildman–Crippen MR) is 74.9 cm³/mol. The minimum atomic E-state index is 0.00312. The van der Waals surface area contributed by atoms with Gasteiger partial charge >= 0.3 is 0 Å². The number of carbonyl (C=O) groups excluding carboxylic acids is 1. The summed E-state index contributed by atoms with van der Waals surface area (Å²) in [6, 6.07) is 7.81. The van der Waals surface area contributed by atoms with Gasteiger partial charge in [0.05, 0.1) is 25.7 Å². The van der Waals surface area contributed by atoms with Crippen LogP contribution in [0.3, 0.4) is 0 Å². The third-order valence-corrected chi connectivity index (χ3v) is 3.88. The van der Waals surface area contributed by atoms with E-state index in [9.17, 15) is 4.79 Å². The van der Waals surface area contributed by atoms with E-state index in [0.717, 1.165) is 10.0 Å². The summed E-state index contributed by atoms with van der Waals surface area (Å²) in [7, 11) is 0. The van der Waals surface area contributed by atoms with Gasteiger partial charge in [0.15, 0.2) is 0 Å². The van der Waals surface area contributed by atoms with Crippen molar-refractivity contribution < 1.29 is 9.53 Å². The second kappa shape index (κ2) is 6.55. The Morgan fingerprint density at radius 3 is 2.83 bits per heavy atom. The summed E-state index contributed by atoms with van der Waals surface area (Å²) in [4.78, 5) is 14.1. The third kappa shape index (κ3) is 3.46. The number of hydrogen-bond acceptors (Lipinski definition) is 2. The first-order valence-electron chi connectivity index (χ1n) is 5.88. The Kier molecular flexibility index (Phi) is 5.03. The van der Waals surface area contributed by atoms with Gasteiger partial charge in [-0.15, -0.1) is 11.6 Å². The highest BCUT2D eigenvalue weighted by Gasteiger charge is 2.26. The molecule has 0 radical (unpaired) electrons. The van der Waals surface area contributed by atoms with Crippen LogP contribution in [0.25, 0.3) is 0 Å². The first-order valence-corrected chi connectivity index (χ1v) is 7.21. The minimum absolute atomic E-state index is 0.00312. The normalized spacial score (nSPS) is 19.9. The van der Waals surface area contributed by atoms with E-state index in [1.165, 1.54) is 0 Å². The van der Waals surface area contributed by atoms with Crippen molar-refractivity contribution in [1.82, 2.24) is 4.90 Å². The summed E-state index contributed by atoms with van der Waals surface area (Å²) in [6.45, 7) is 1.77. The number of hydrogen-bond donors (Lipinski definition) is 0. The number of alkyl halides is 1. The van der Waals surface area contributed by atoms with Crippen LogP contribution in [0.1, 0.15) is 5.56 Å². The second-order valence-electron chi connectivity index (χ2n) is 4.27. The maximum atomic E-state index is 12.2. The number of nitrogens with zero attached hydrogens (tertiary/aromatic N) is 1. The summed E-state index contributed by atoms with van der Waals surface area (Å²) in [5.74, 6) is 0.540. The quantitative estimate of drug-likeness (QED) is 0.796. The van der Waals surface area contributed by atoms with Crippen molar-refractivity contribution in [3.05, 3.63) is 34.3 Å². The number of carbonyl (C=O) groups is 1. The maximum Gasteiger partial charge on any atom is 0.227 e. The van der Waals surface area contributed by atoms with Crippen molar-refractivity contribution in [2.45, 2.75) is 12.5 Å². The summed E-state index contributed by atoms with van der Waals surface area (Å²) in [6.07, 6.45) is 0.417. The fourth-order valence-corrected chi connectivity index (χ4v) is 2.51. The molecule has 1 heterocycles. The molecule has 1 aromatic rings. The topological polar surface area (TPSA) is 29.5 Å². The van der Waals surface area contributed by atoms with Gasteiger partial charge in [0.25, 0.3) is 0 Å². The van der Waals surface area contributed by atoms with Gasteiger partial charge in [-0.25, -0.2) is 0 Å². The average Bonchev–Trinajstić information content (AvgIpc) is 2.41. The van der Waals surface area contributed by atoms with Gasteiger partial charge in [-0.1, -0.05) is 28.1 Å². The van der Waals surface area contributed by atoms with Crippen LogP contribution in [-0.4, -0.2) is 42.5 Å². The molecule has 1 saturated heterocycles. The number of amides is 1. The molecule has 5 heteroatoms. The van der Waals surface area contributed by atoms with Gasteiger partial charge < -0.3 is 9.64 Å². The van der Waals surface area contributed by atoms with Crippen LogP contribution >= 0.6 is 27.5 Å². The molecule has 3 nitrogen and oxygen atoms in total. The highest BCUT2D eigenvalue weighted by Crippen LogP contribution is 2.14. The SMILES string of the molecule is O=C(Cc1ccc(Br)cc1)N1CCOCC1CCl. The monoisotopic (exact) mass is 331 g/mol. The zero-order valence-electron chi connectivity index (χ0n) is 9.94. The molecule has 1 amide bonds. The molecule has 2 rings (SSSR count). The van der Waals surface area contributed by atoms with Crippen LogP contribution in [0.2, 0.25) is 0 Å². The average molecular weight is 333 g/mol. The zero-order chi connectivity index (χ0) is 13.0. The summed E-state index contributed by atoms with van der Waals surface area (Å²) in [5.41, 5.74) is 1.02. The Bertz CT molecular complexity index is 410. The highest BCUT2D eigenvalue weighted by molar-refractivity contribution is 9.10. The molecule has 1 fully saturated rings. The van der Waals surface area contributed by atoms with Crippen LogP contribution in [0.5, 0.6) is 0 Å². The van der Waals surface area contributed by atoms with Crippen LogP contribution in [0.15, 0.2) is 28.7 Å². The van der Waals surface area contributed by atoms with Crippen molar-refractivity contribution in [1.29, 1.82) is 0 Å². The summed E-state index contributed by atoms with van der Waals surface area (Å²) < 4.78 is 6.35. The fraction of sp³-hybridized carbons (Fsp3) is 0.462. The standard InChI is InChI=1S/C13H15BrClNO2/c14-11-3-1-10(2-4-11)7-13(17)16-5-6-18-9-12(16)8-15/h1-4,12H,5-9H2. The molecule has 0 bridgehead atoms. The van der Waals surface area contributed by atoms with E-state index in [1.807, 2.05) is 29.2 Å². The molecule has 0 N–H and O–H groups in total. The fourth-order valence-electron chi connectivity index (χ4n) is 1.99. The van der Waals surface area contributed by atoms with E-state index in [0.29, 0.717) is 32.1 Å². The number of morpholine rings is 1. The lowest BCUT2D eigenvalue weighted by atomic mass is 10.1. The van der Waals surface area contributed by atoms with E-state index in [1.54, 1.807) is 0 Å². The van der Waals surface area contributed by atoms with Gasteiger partial charge in [0, 0.05) is 16.9 Å². The molecule has 98 valence electrons. The Morgan fingerprint density at radius 1 is 1.44 bits per heavy atom. The van der Waals surface area contributed by atoms with Gasteiger partial charge in [-0.2, -0.15) is 0 Å². The first kappa shape index (κ1) is 13.8. The summed E-state index contributed by atoms with van der Waals surface area (Å²) >= 11 is 9.24. The number of halogens is 2. The smallest absolute Gasteiger partial charge is 0.227 e. The predicted octanol–water partition coefficient (Wildman–Crippen LogP) is 2.46. The molecule has 1 aromatic carbocycles. The maximum absolute atomic E-state index is 12.2. The highest BCUT2D eigenvalue weighted by atomic mass is 79.9. The first-order chi connectivity index (χ1) is 8.70. The van der Waals surface area contributed by atoms with Crippen LogP contribution in [0.4, 0.5) is 0 Å². The Balaban J connectivity index is 2.00. The zero-order valence-corrected chi connectivity index (χ0v) is 12.3. The van der Waals surface area contributed by atoms with Crippen LogP contribution in [0, 0.1) is 0 Å². The van der Waals surface area contributed by atoms with Crippen molar-refractivity contribution >= 4 is 33.4 Å². The Hall–Kier alpha value is -0.580. The van der Waals surface area contributed by atoms with Gasteiger partial charge in [-0.05, 0) is 17.7 Å². The molecule has 1 unspecified atom stereocenters. The third-order valence-electron chi connectivity index (χ3n) is 2.99. The Morgan fingerprint density at radius 2 is 2.17 bits per heavy atom. The Labute approximate surface area is 120 Å². The van der Waals surface area contributed by atoms with Crippen molar-refractivity contribution in [2.75, 3.05) is 25.6 Å². The molecule has 0 aromatic heterocycles.